The van der Waals surface area contributed by atoms with Crippen LogP contribution in [0.4, 0.5) is 5.95 Å². The van der Waals surface area contributed by atoms with E-state index >= 15 is 0 Å². The van der Waals surface area contributed by atoms with Crippen LogP contribution in [0.3, 0.4) is 0 Å². The highest BCUT2D eigenvalue weighted by Crippen LogP contribution is 2.13. The molecule has 0 aromatic carbocycles. The second-order valence-corrected chi connectivity index (χ2v) is 4.70. The molecule has 0 amide bonds. The van der Waals surface area contributed by atoms with E-state index in [1.807, 2.05) is 0 Å². The molecule has 1 saturated heterocycles. The van der Waals surface area contributed by atoms with Crippen molar-refractivity contribution in [1.82, 2.24) is 10.1 Å². The Hall–Kier alpha value is -1.14. The fourth-order valence-corrected chi connectivity index (χ4v) is 1.66. The molecule has 0 spiro atoms. The Balaban J connectivity index is 1.95. The van der Waals surface area contributed by atoms with Gasteiger partial charge in [0.15, 0.2) is 0 Å². The van der Waals surface area contributed by atoms with E-state index < -0.39 is 0 Å². The van der Waals surface area contributed by atoms with Gasteiger partial charge in [-0.2, -0.15) is 4.98 Å². The standard InChI is InChI=1S/C11H20N4O2/c1-8(2)9(12)7-10-13-11(14-17-10)15-3-5-16-6-4-15/h8-9H,3-7,12H2,1-2H3. The van der Waals surface area contributed by atoms with Gasteiger partial charge in [0, 0.05) is 25.6 Å². The molecule has 0 aliphatic carbocycles. The van der Waals surface area contributed by atoms with Crippen LogP contribution in [-0.4, -0.2) is 42.5 Å². The molecule has 0 radical (unpaired) electrons. The summed E-state index contributed by atoms with van der Waals surface area (Å²) in [6.07, 6.45) is 0.634. The van der Waals surface area contributed by atoms with Crippen LogP contribution in [-0.2, 0) is 11.2 Å². The average Bonchev–Trinajstić information content (AvgIpc) is 2.78. The van der Waals surface area contributed by atoms with Crippen molar-refractivity contribution in [2.75, 3.05) is 31.2 Å². The Morgan fingerprint density at radius 1 is 1.35 bits per heavy atom. The predicted molar refractivity (Wildman–Crippen MR) is 63.8 cm³/mol. The van der Waals surface area contributed by atoms with Gasteiger partial charge in [-0.15, -0.1) is 0 Å². The van der Waals surface area contributed by atoms with Crippen molar-refractivity contribution in [1.29, 1.82) is 0 Å². The summed E-state index contributed by atoms with van der Waals surface area (Å²) in [4.78, 5) is 6.44. The normalized spacial score (nSPS) is 18.7. The van der Waals surface area contributed by atoms with Crippen LogP contribution in [0.1, 0.15) is 19.7 Å². The van der Waals surface area contributed by atoms with Crippen molar-refractivity contribution >= 4 is 5.95 Å². The van der Waals surface area contributed by atoms with Gasteiger partial charge in [-0.1, -0.05) is 13.8 Å². The van der Waals surface area contributed by atoms with Crippen LogP contribution in [0, 0.1) is 5.92 Å². The van der Waals surface area contributed by atoms with Gasteiger partial charge in [-0.25, -0.2) is 0 Å². The molecule has 96 valence electrons. The minimum Gasteiger partial charge on any atom is -0.378 e. The van der Waals surface area contributed by atoms with Crippen LogP contribution < -0.4 is 10.6 Å². The maximum Gasteiger partial charge on any atom is 0.266 e. The third kappa shape index (κ3) is 3.17. The lowest BCUT2D eigenvalue weighted by Gasteiger charge is -2.24. The first-order valence-electron chi connectivity index (χ1n) is 6.07. The first-order chi connectivity index (χ1) is 8.16. The van der Waals surface area contributed by atoms with Crippen LogP contribution in [0.25, 0.3) is 0 Å². The van der Waals surface area contributed by atoms with E-state index in [0.717, 1.165) is 26.3 Å². The van der Waals surface area contributed by atoms with Crippen molar-refractivity contribution in [3.63, 3.8) is 0 Å². The van der Waals surface area contributed by atoms with Gasteiger partial charge in [0.05, 0.1) is 13.2 Å². The maximum atomic E-state index is 5.97. The fraction of sp³-hybridized carbons (Fsp3) is 0.818. The van der Waals surface area contributed by atoms with Gasteiger partial charge >= 0.3 is 0 Å². The molecule has 1 aromatic rings. The van der Waals surface area contributed by atoms with Gasteiger partial charge < -0.3 is 19.9 Å². The van der Waals surface area contributed by atoms with Crippen molar-refractivity contribution in [3.05, 3.63) is 5.89 Å². The Morgan fingerprint density at radius 3 is 2.71 bits per heavy atom. The molecule has 6 heteroatoms. The summed E-state index contributed by atoms with van der Waals surface area (Å²) >= 11 is 0. The third-order valence-electron chi connectivity index (χ3n) is 3.02. The van der Waals surface area contributed by atoms with Gasteiger partial charge in [0.1, 0.15) is 0 Å². The molecule has 1 aliphatic heterocycles. The van der Waals surface area contributed by atoms with Crippen LogP contribution in [0.15, 0.2) is 4.52 Å². The van der Waals surface area contributed by atoms with Crippen molar-refractivity contribution < 1.29 is 9.26 Å². The largest absolute Gasteiger partial charge is 0.378 e. The number of aromatic nitrogens is 2. The molecule has 1 unspecified atom stereocenters. The summed E-state index contributed by atoms with van der Waals surface area (Å²) in [6, 6.07) is 0.0630. The topological polar surface area (TPSA) is 77.4 Å². The van der Waals surface area contributed by atoms with E-state index in [2.05, 4.69) is 28.9 Å². The molecule has 2 N–H and O–H groups in total. The molecule has 0 saturated carbocycles. The number of ether oxygens (including phenoxy) is 1. The molecule has 0 bridgehead atoms. The Labute approximate surface area is 101 Å². The average molecular weight is 240 g/mol. The number of hydrogen-bond acceptors (Lipinski definition) is 6. The number of anilines is 1. The summed E-state index contributed by atoms with van der Waals surface area (Å²) in [6.45, 7) is 7.24. The van der Waals surface area contributed by atoms with Crippen molar-refractivity contribution in [2.45, 2.75) is 26.3 Å². The summed E-state index contributed by atoms with van der Waals surface area (Å²) in [5.41, 5.74) is 5.97. The number of hydrogen-bond donors (Lipinski definition) is 1. The first kappa shape index (κ1) is 12.3. The van der Waals surface area contributed by atoms with Crippen LogP contribution >= 0.6 is 0 Å². The molecule has 2 heterocycles. The molecule has 6 nitrogen and oxygen atoms in total. The fourth-order valence-electron chi connectivity index (χ4n) is 1.66. The summed E-state index contributed by atoms with van der Waals surface area (Å²) in [5, 5.41) is 3.98. The quantitative estimate of drug-likeness (QED) is 0.822. The monoisotopic (exact) mass is 240 g/mol. The van der Waals surface area contributed by atoms with E-state index in [9.17, 15) is 0 Å². The molecule has 2 rings (SSSR count). The first-order valence-corrected chi connectivity index (χ1v) is 6.07. The second-order valence-electron chi connectivity index (χ2n) is 4.70. The third-order valence-corrected chi connectivity index (χ3v) is 3.02. The SMILES string of the molecule is CC(C)C(N)Cc1nc(N2CCOCC2)no1. The van der Waals surface area contributed by atoms with Gasteiger partial charge in [0.2, 0.25) is 5.89 Å². The molecular formula is C11H20N4O2. The number of rotatable bonds is 4. The molecule has 1 atom stereocenters. The van der Waals surface area contributed by atoms with Crippen LogP contribution in [0.5, 0.6) is 0 Å². The lowest BCUT2D eigenvalue weighted by molar-refractivity contribution is 0.121. The predicted octanol–water partition coefficient (Wildman–Crippen LogP) is 0.432. The molecule has 1 aromatic heterocycles. The van der Waals surface area contributed by atoms with Crippen molar-refractivity contribution in [3.8, 4) is 0 Å². The highest BCUT2D eigenvalue weighted by Gasteiger charge is 2.19. The number of nitrogens with two attached hydrogens (primary N) is 1. The van der Waals surface area contributed by atoms with Gasteiger partial charge in [-0.05, 0) is 11.1 Å². The minimum absolute atomic E-state index is 0.0630. The molecular weight excluding hydrogens is 220 g/mol. The lowest BCUT2D eigenvalue weighted by Crippen LogP contribution is -2.37. The molecule has 1 fully saturated rings. The van der Waals surface area contributed by atoms with E-state index in [1.54, 1.807) is 0 Å². The zero-order chi connectivity index (χ0) is 12.3. The summed E-state index contributed by atoms with van der Waals surface area (Å²) in [5.74, 6) is 1.68. The minimum atomic E-state index is 0.0630. The van der Waals surface area contributed by atoms with Gasteiger partial charge in [-0.3, -0.25) is 0 Å². The Kier molecular flexibility index (Phi) is 3.96. The van der Waals surface area contributed by atoms with Gasteiger partial charge in [0.25, 0.3) is 5.95 Å². The van der Waals surface area contributed by atoms with E-state index in [-0.39, 0.29) is 6.04 Å². The van der Waals surface area contributed by atoms with E-state index in [4.69, 9.17) is 15.0 Å². The Morgan fingerprint density at radius 2 is 2.06 bits per heavy atom. The zero-order valence-corrected chi connectivity index (χ0v) is 10.4. The van der Waals surface area contributed by atoms with Crippen LogP contribution in [0.2, 0.25) is 0 Å². The smallest absolute Gasteiger partial charge is 0.266 e. The molecule has 17 heavy (non-hydrogen) atoms. The van der Waals surface area contributed by atoms with E-state index in [0.29, 0.717) is 24.2 Å². The highest BCUT2D eigenvalue weighted by molar-refractivity contribution is 5.28. The summed E-state index contributed by atoms with van der Waals surface area (Å²) in [7, 11) is 0. The van der Waals surface area contributed by atoms with E-state index in [1.165, 1.54) is 0 Å². The van der Waals surface area contributed by atoms with Crippen molar-refractivity contribution in [2.24, 2.45) is 11.7 Å². The Bertz CT molecular complexity index is 347. The number of nitrogens with zero attached hydrogens (tertiary/aromatic N) is 3. The molecule has 1 aliphatic rings. The summed E-state index contributed by atoms with van der Waals surface area (Å²) < 4.78 is 10.5. The highest BCUT2D eigenvalue weighted by atomic mass is 16.5. The maximum absolute atomic E-state index is 5.97. The zero-order valence-electron chi connectivity index (χ0n) is 10.4. The lowest BCUT2D eigenvalue weighted by atomic mass is 10.0. The second kappa shape index (κ2) is 5.46. The number of morpholine rings is 1.